The van der Waals surface area contributed by atoms with Crippen LogP contribution in [0.1, 0.15) is 0 Å². The van der Waals surface area contributed by atoms with Crippen LogP contribution >= 0.6 is 0 Å². The molecule has 1 aliphatic rings. The third-order valence-electron chi connectivity index (χ3n) is 4.98. The molecule has 9 nitrogen and oxygen atoms in total. The van der Waals surface area contributed by atoms with Crippen molar-refractivity contribution in [2.75, 3.05) is 44.9 Å². The van der Waals surface area contributed by atoms with Gasteiger partial charge in [0.05, 0.1) is 61.0 Å². The first-order valence-corrected chi connectivity index (χ1v) is 9.32. The number of nitrogens with one attached hydrogen (secondary N) is 1. The number of ether oxygens (including phenoxy) is 2. The number of aromatic nitrogens is 6. The van der Waals surface area contributed by atoms with Crippen molar-refractivity contribution in [2.45, 2.75) is 6.54 Å². The van der Waals surface area contributed by atoms with Gasteiger partial charge in [0.1, 0.15) is 0 Å². The van der Waals surface area contributed by atoms with E-state index in [1.807, 2.05) is 23.0 Å². The van der Waals surface area contributed by atoms with E-state index in [9.17, 15) is 0 Å². The maximum absolute atomic E-state index is 5.48. The number of methoxy groups -OCH3 is 1. The zero-order valence-corrected chi connectivity index (χ0v) is 15.6. The molecule has 144 valence electrons. The number of anilines is 1. The quantitative estimate of drug-likeness (QED) is 0.565. The second kappa shape index (κ2) is 7.17. The Morgan fingerprint density at radius 1 is 1.21 bits per heavy atom. The van der Waals surface area contributed by atoms with Crippen LogP contribution < -0.4 is 4.90 Å². The summed E-state index contributed by atoms with van der Waals surface area (Å²) >= 11 is 0. The number of fused-ring (bicyclic) bond motifs is 2. The van der Waals surface area contributed by atoms with Crippen molar-refractivity contribution in [3.8, 4) is 11.3 Å². The van der Waals surface area contributed by atoms with Gasteiger partial charge in [-0.1, -0.05) is 6.07 Å². The minimum atomic E-state index is 0.572. The summed E-state index contributed by atoms with van der Waals surface area (Å²) in [5.74, 6) is 0.701. The van der Waals surface area contributed by atoms with Gasteiger partial charge >= 0.3 is 0 Å². The number of benzene rings is 1. The summed E-state index contributed by atoms with van der Waals surface area (Å²) < 4.78 is 12.6. The van der Waals surface area contributed by atoms with Gasteiger partial charge < -0.3 is 19.4 Å². The number of morpholine rings is 1. The van der Waals surface area contributed by atoms with Crippen LogP contribution in [0.15, 0.2) is 30.7 Å². The van der Waals surface area contributed by atoms with Crippen LogP contribution in [0.25, 0.3) is 33.3 Å². The molecule has 0 aliphatic carbocycles. The van der Waals surface area contributed by atoms with Gasteiger partial charge in [0.25, 0.3) is 0 Å². The average molecular weight is 379 g/mol. The summed E-state index contributed by atoms with van der Waals surface area (Å²) in [7, 11) is 1.68. The van der Waals surface area contributed by atoms with Gasteiger partial charge in [0.2, 0.25) is 5.95 Å². The number of H-pyrrole nitrogens is 1. The fraction of sp³-hybridized carbons (Fsp3) is 0.368. The Morgan fingerprint density at radius 2 is 2.11 bits per heavy atom. The topological polar surface area (TPSA) is 94.0 Å². The first-order chi connectivity index (χ1) is 13.8. The summed E-state index contributed by atoms with van der Waals surface area (Å²) in [6.45, 7) is 4.11. The van der Waals surface area contributed by atoms with E-state index in [0.717, 1.165) is 46.4 Å². The SMILES string of the molecule is COCCn1ncc2c(-c3ccc4[nH]cnc4c3)nc(N3CCOCC3)nc21. The number of nitrogens with zero attached hydrogens (tertiary/aromatic N) is 6. The van der Waals surface area contributed by atoms with E-state index < -0.39 is 0 Å². The van der Waals surface area contributed by atoms with Gasteiger partial charge in [-0.05, 0) is 12.1 Å². The Labute approximate surface area is 161 Å². The predicted molar refractivity (Wildman–Crippen MR) is 105 cm³/mol. The molecule has 0 bridgehead atoms. The third kappa shape index (κ3) is 2.98. The molecule has 3 aromatic heterocycles. The molecule has 1 saturated heterocycles. The molecular formula is C19H21N7O2. The fourth-order valence-electron chi connectivity index (χ4n) is 3.49. The molecule has 1 N–H and O–H groups in total. The first kappa shape index (κ1) is 17.1. The molecule has 4 aromatic rings. The molecule has 0 radical (unpaired) electrons. The lowest BCUT2D eigenvalue weighted by molar-refractivity contribution is 0.122. The second-order valence-electron chi connectivity index (χ2n) is 6.70. The van der Waals surface area contributed by atoms with Crippen LogP contribution in [0, 0.1) is 0 Å². The molecule has 0 spiro atoms. The summed E-state index contributed by atoms with van der Waals surface area (Å²) in [5, 5.41) is 5.45. The Hall–Kier alpha value is -3.04. The number of rotatable bonds is 5. The highest BCUT2D eigenvalue weighted by molar-refractivity contribution is 5.93. The minimum absolute atomic E-state index is 0.572. The Kier molecular flexibility index (Phi) is 4.38. The van der Waals surface area contributed by atoms with Gasteiger partial charge in [0.15, 0.2) is 5.65 Å². The maximum atomic E-state index is 5.48. The van der Waals surface area contributed by atoms with E-state index >= 15 is 0 Å². The highest BCUT2D eigenvalue weighted by Gasteiger charge is 2.20. The minimum Gasteiger partial charge on any atom is -0.383 e. The standard InChI is InChI=1S/C19H21N7O2/c1-27-7-6-26-18-14(11-22-26)17(13-2-3-15-16(10-13)21-12-20-15)23-19(24-18)25-4-8-28-9-5-25/h2-3,10-12H,4-9H2,1H3,(H,20,21). The largest absolute Gasteiger partial charge is 0.383 e. The third-order valence-corrected chi connectivity index (χ3v) is 4.98. The lowest BCUT2D eigenvalue weighted by atomic mass is 10.1. The van der Waals surface area contributed by atoms with Crippen molar-refractivity contribution in [3.63, 3.8) is 0 Å². The molecule has 28 heavy (non-hydrogen) atoms. The summed E-state index contributed by atoms with van der Waals surface area (Å²) in [6.07, 6.45) is 3.53. The second-order valence-corrected chi connectivity index (χ2v) is 6.70. The summed E-state index contributed by atoms with van der Waals surface area (Å²) in [6, 6.07) is 6.12. The summed E-state index contributed by atoms with van der Waals surface area (Å²) in [4.78, 5) is 19.4. The van der Waals surface area contributed by atoms with Crippen LogP contribution in [0.5, 0.6) is 0 Å². The fourth-order valence-corrected chi connectivity index (χ4v) is 3.49. The lowest BCUT2D eigenvalue weighted by Crippen LogP contribution is -2.37. The monoisotopic (exact) mass is 379 g/mol. The van der Waals surface area contributed by atoms with E-state index in [1.54, 1.807) is 13.4 Å². The predicted octanol–water partition coefficient (Wildman–Crippen LogP) is 1.85. The van der Waals surface area contributed by atoms with Crippen LogP contribution in [0.3, 0.4) is 0 Å². The van der Waals surface area contributed by atoms with Crippen molar-refractivity contribution in [2.24, 2.45) is 0 Å². The van der Waals surface area contributed by atoms with E-state index in [-0.39, 0.29) is 0 Å². The number of hydrogen-bond donors (Lipinski definition) is 1. The van der Waals surface area contributed by atoms with E-state index in [1.165, 1.54) is 0 Å². The zero-order chi connectivity index (χ0) is 18.9. The normalized spacial score (nSPS) is 15.0. The zero-order valence-electron chi connectivity index (χ0n) is 15.6. The Bertz CT molecular complexity index is 1110. The van der Waals surface area contributed by atoms with Gasteiger partial charge in [-0.2, -0.15) is 10.1 Å². The van der Waals surface area contributed by atoms with E-state index in [2.05, 4.69) is 26.0 Å². The van der Waals surface area contributed by atoms with Crippen molar-refractivity contribution < 1.29 is 9.47 Å². The Balaban J connectivity index is 1.67. The van der Waals surface area contributed by atoms with E-state index in [4.69, 9.17) is 19.4 Å². The van der Waals surface area contributed by atoms with Crippen LogP contribution in [-0.4, -0.2) is 69.7 Å². The van der Waals surface area contributed by atoms with Crippen LogP contribution in [0.2, 0.25) is 0 Å². The molecular weight excluding hydrogens is 358 g/mol. The highest BCUT2D eigenvalue weighted by atomic mass is 16.5. The van der Waals surface area contributed by atoms with Gasteiger partial charge in [-0.3, -0.25) is 0 Å². The van der Waals surface area contributed by atoms with Crippen molar-refractivity contribution in [1.82, 2.24) is 29.7 Å². The molecule has 1 aliphatic heterocycles. The van der Waals surface area contributed by atoms with Crippen LogP contribution in [0.4, 0.5) is 5.95 Å². The maximum Gasteiger partial charge on any atom is 0.228 e. The molecule has 4 heterocycles. The molecule has 5 rings (SSSR count). The van der Waals surface area contributed by atoms with Crippen molar-refractivity contribution in [3.05, 3.63) is 30.7 Å². The molecule has 0 atom stereocenters. The van der Waals surface area contributed by atoms with E-state index in [0.29, 0.717) is 32.3 Å². The number of hydrogen-bond acceptors (Lipinski definition) is 7. The van der Waals surface area contributed by atoms with Gasteiger partial charge in [-0.15, -0.1) is 0 Å². The van der Waals surface area contributed by atoms with Gasteiger partial charge in [0, 0.05) is 25.8 Å². The molecule has 0 unspecified atom stereocenters. The van der Waals surface area contributed by atoms with Crippen molar-refractivity contribution in [1.29, 1.82) is 0 Å². The van der Waals surface area contributed by atoms with Crippen LogP contribution in [-0.2, 0) is 16.0 Å². The molecule has 1 aromatic carbocycles. The number of aromatic amines is 1. The highest BCUT2D eigenvalue weighted by Crippen LogP contribution is 2.30. The molecule has 1 fully saturated rings. The lowest BCUT2D eigenvalue weighted by Gasteiger charge is -2.27. The smallest absolute Gasteiger partial charge is 0.228 e. The molecule has 0 saturated carbocycles. The van der Waals surface area contributed by atoms with Crippen molar-refractivity contribution >= 4 is 28.0 Å². The average Bonchev–Trinajstić information content (AvgIpc) is 3.38. The number of imidazole rings is 1. The first-order valence-electron chi connectivity index (χ1n) is 9.32. The molecule has 9 heteroatoms. The summed E-state index contributed by atoms with van der Waals surface area (Å²) in [5.41, 5.74) is 4.57. The molecule has 0 amide bonds. The van der Waals surface area contributed by atoms with Gasteiger partial charge in [-0.25, -0.2) is 14.6 Å². The Morgan fingerprint density at radius 3 is 2.96 bits per heavy atom.